The van der Waals surface area contributed by atoms with Crippen LogP contribution in [0.5, 0.6) is 0 Å². The molecule has 0 aliphatic rings. The van der Waals surface area contributed by atoms with E-state index in [1.165, 1.54) is 0 Å². The van der Waals surface area contributed by atoms with E-state index in [-0.39, 0.29) is 0 Å². The molecule has 0 aliphatic heterocycles. The Labute approximate surface area is 355 Å². The summed E-state index contributed by atoms with van der Waals surface area (Å²) in [5.74, 6) is 0. The minimum absolute atomic E-state index is 0.918. The van der Waals surface area contributed by atoms with E-state index in [2.05, 4.69) is 274 Å². The van der Waals surface area contributed by atoms with E-state index in [0.29, 0.717) is 0 Å². The summed E-state index contributed by atoms with van der Waals surface area (Å²) in [5.41, 5.74) is 2.07. The zero-order valence-corrected chi connectivity index (χ0v) is 35.5. The molecule has 0 amide bonds. The molecule has 0 spiro atoms. The fourth-order valence-corrected chi connectivity index (χ4v) is 20.9. The van der Waals surface area contributed by atoms with Gasteiger partial charge in [-0.05, 0) is 0 Å². The molecule has 292 valence electrons. The van der Waals surface area contributed by atoms with Gasteiger partial charge < -0.3 is 0 Å². The summed E-state index contributed by atoms with van der Waals surface area (Å²) >= 11 is 0. The van der Waals surface area contributed by atoms with Crippen LogP contribution in [0.25, 0.3) is 0 Å². The Morgan fingerprint density at radius 1 is 0.250 bits per heavy atom. The molecule has 0 saturated heterocycles. The van der Waals surface area contributed by atoms with Gasteiger partial charge in [-0.3, -0.25) is 0 Å². The Morgan fingerprint density at radius 2 is 0.433 bits per heavy atom. The number of aryl methyl sites for hydroxylation is 1. The van der Waals surface area contributed by atoms with Gasteiger partial charge in [0.1, 0.15) is 0 Å². The van der Waals surface area contributed by atoms with Crippen molar-refractivity contribution in [2.45, 2.75) is 6.92 Å². The molecule has 2 nitrogen and oxygen atoms in total. The van der Waals surface area contributed by atoms with Gasteiger partial charge in [0.05, 0.1) is 0 Å². The van der Waals surface area contributed by atoms with Crippen molar-refractivity contribution in [1.29, 1.82) is 0 Å². The average molecular weight is 813 g/mol. The Hall–Kier alpha value is -6.18. The van der Waals surface area contributed by atoms with Crippen molar-refractivity contribution in [3.63, 3.8) is 0 Å². The molecule has 9 rings (SSSR count). The third-order valence-electron chi connectivity index (χ3n) is 12.0. The molecule has 0 fully saturated rings. The van der Waals surface area contributed by atoms with E-state index in [0.717, 1.165) is 53.5 Å². The van der Waals surface area contributed by atoms with Crippen LogP contribution >= 0.6 is 13.7 Å². The molecule has 0 atom stereocenters. The summed E-state index contributed by atoms with van der Waals surface area (Å²) in [4.78, 5) is 0. The first-order valence-corrected chi connectivity index (χ1v) is 24.8. The van der Waals surface area contributed by atoms with Gasteiger partial charge in [-0.15, -0.1) is 0 Å². The van der Waals surface area contributed by atoms with E-state index in [9.17, 15) is 0 Å². The molecule has 0 N–H and O–H groups in total. The van der Waals surface area contributed by atoms with E-state index in [1.54, 1.807) is 0 Å². The van der Waals surface area contributed by atoms with Crippen LogP contribution < -0.4 is 47.9 Å². The quantitative estimate of drug-likeness (QED) is 0.0855. The minimum atomic E-state index is -4.31. The monoisotopic (exact) mass is 812 g/mol. The summed E-state index contributed by atoms with van der Waals surface area (Å²) < 4.78 is 17.4. The number of benzene rings is 9. The van der Waals surface area contributed by atoms with Crippen LogP contribution in [0, 0.1) is 6.92 Å². The van der Waals surface area contributed by atoms with E-state index in [1.807, 2.05) is 0 Å². The fraction of sp³-hybridized carbons (Fsp3) is 0.0182. The molecule has 0 radical (unpaired) electrons. The average Bonchev–Trinajstić information content (AvgIpc) is 3.35. The Morgan fingerprint density at radius 3 is 0.617 bits per heavy atom. The Kier molecular flexibility index (Phi) is 10.8. The van der Waals surface area contributed by atoms with Crippen molar-refractivity contribution >= 4 is 68.7 Å². The summed E-state index contributed by atoms with van der Waals surface area (Å²) in [6.07, 6.45) is 0. The van der Waals surface area contributed by atoms with Crippen molar-refractivity contribution < 1.29 is 8.88 Å². The second-order valence-corrected chi connectivity index (χ2v) is 23.9. The summed E-state index contributed by atoms with van der Waals surface area (Å²) in [6.45, 7) is -6.49. The number of hydrogen-bond donors (Lipinski definition) is 0. The second-order valence-electron chi connectivity index (χ2n) is 15.2. The molecular formula is C55H47BO2P2. The van der Waals surface area contributed by atoms with Crippen molar-refractivity contribution in [2.75, 3.05) is 0 Å². The maximum absolute atomic E-state index is 8.70. The van der Waals surface area contributed by atoms with Crippen LogP contribution in [0.2, 0.25) is 0 Å². The zero-order chi connectivity index (χ0) is 40.8. The SMILES string of the molecule is Cc1ccc(B(OP(c2ccccc2)(c2ccccc2)(c2ccccc2)c2ccccc2)OP(c2ccccc2)(c2ccccc2)(c2ccccc2)c2ccccc2)cc1. The van der Waals surface area contributed by atoms with Crippen molar-refractivity contribution in [2.24, 2.45) is 0 Å². The van der Waals surface area contributed by atoms with Crippen LogP contribution in [-0.2, 0) is 8.88 Å². The van der Waals surface area contributed by atoms with Crippen molar-refractivity contribution in [1.82, 2.24) is 0 Å². The van der Waals surface area contributed by atoms with E-state index >= 15 is 0 Å². The predicted octanol–water partition coefficient (Wildman–Crippen LogP) is 9.26. The van der Waals surface area contributed by atoms with Gasteiger partial charge in [0.25, 0.3) is 0 Å². The first kappa shape index (κ1) is 39.3. The summed E-state index contributed by atoms with van der Waals surface area (Å²) in [7, 11) is -0.942. The van der Waals surface area contributed by atoms with Crippen molar-refractivity contribution in [3.8, 4) is 0 Å². The first-order valence-electron chi connectivity index (χ1n) is 20.5. The van der Waals surface area contributed by atoms with Crippen LogP contribution in [0.4, 0.5) is 0 Å². The predicted molar refractivity (Wildman–Crippen MR) is 261 cm³/mol. The van der Waals surface area contributed by atoms with E-state index in [4.69, 9.17) is 8.88 Å². The van der Waals surface area contributed by atoms with Crippen LogP contribution in [0.15, 0.2) is 267 Å². The van der Waals surface area contributed by atoms with Crippen LogP contribution in [0.3, 0.4) is 0 Å². The standard InChI is InChI=1S/C55H47BO2P2/c1-46-42-44-47(45-43-46)56(57-59(48-26-10-2-11-27-48,49-28-12-3-13-29-49,50-30-14-4-15-31-50)51-32-16-5-17-33-51)58-60(52-34-18-6-19-35-52,53-36-20-7-21-37-53,54-38-22-8-23-39-54)55-40-24-9-25-41-55/h2-45H,1H3. The van der Waals surface area contributed by atoms with Crippen molar-refractivity contribution in [3.05, 3.63) is 272 Å². The van der Waals surface area contributed by atoms with Crippen LogP contribution in [0.1, 0.15) is 5.56 Å². The fourth-order valence-electron chi connectivity index (χ4n) is 9.22. The topological polar surface area (TPSA) is 18.5 Å². The van der Waals surface area contributed by atoms with Gasteiger partial charge in [-0.2, -0.15) is 0 Å². The normalized spacial score (nSPS) is 12.9. The molecule has 0 unspecified atom stereocenters. The molecule has 0 saturated carbocycles. The van der Waals surface area contributed by atoms with Gasteiger partial charge in [0, 0.05) is 0 Å². The van der Waals surface area contributed by atoms with Gasteiger partial charge in [0.15, 0.2) is 0 Å². The van der Waals surface area contributed by atoms with E-state index < -0.39 is 20.8 Å². The van der Waals surface area contributed by atoms with Gasteiger partial charge in [0.2, 0.25) is 0 Å². The molecule has 5 heteroatoms. The van der Waals surface area contributed by atoms with Gasteiger partial charge in [-0.1, -0.05) is 0 Å². The molecule has 0 heterocycles. The second kappa shape index (κ2) is 16.5. The first-order chi connectivity index (χ1) is 29.6. The Bertz CT molecular complexity index is 2250. The molecule has 60 heavy (non-hydrogen) atoms. The van der Waals surface area contributed by atoms with Crippen LogP contribution in [-0.4, -0.2) is 7.12 Å². The molecule has 9 aromatic rings. The summed E-state index contributed by atoms with van der Waals surface area (Å²) in [6, 6.07) is 95.6. The zero-order valence-electron chi connectivity index (χ0n) is 33.7. The number of rotatable bonds is 13. The molecule has 0 aliphatic carbocycles. The third kappa shape index (κ3) is 6.13. The molecule has 9 aromatic carbocycles. The molecule has 0 aromatic heterocycles. The molecule has 0 bridgehead atoms. The maximum atomic E-state index is 8.70. The Balaban J connectivity index is 1.50. The number of hydrogen-bond acceptors (Lipinski definition) is 2. The van der Waals surface area contributed by atoms with Gasteiger partial charge >= 0.3 is 357 Å². The third-order valence-corrected chi connectivity index (χ3v) is 23.4. The molecular weight excluding hydrogens is 765 g/mol. The van der Waals surface area contributed by atoms with Gasteiger partial charge in [-0.25, -0.2) is 0 Å². The summed E-state index contributed by atoms with van der Waals surface area (Å²) in [5, 5.41) is 8.61.